The summed E-state index contributed by atoms with van der Waals surface area (Å²) in [5.41, 5.74) is 3.57. The largest absolute Gasteiger partial charge is 0.352 e. The zero-order valence-corrected chi connectivity index (χ0v) is 14.8. The summed E-state index contributed by atoms with van der Waals surface area (Å²) in [6, 6.07) is 18.0. The van der Waals surface area contributed by atoms with Crippen molar-refractivity contribution in [2.75, 3.05) is 0 Å². The molecule has 1 saturated carbocycles. The van der Waals surface area contributed by atoms with E-state index in [1.807, 2.05) is 61.5 Å². The van der Waals surface area contributed by atoms with E-state index in [1.54, 1.807) is 0 Å². The van der Waals surface area contributed by atoms with Crippen LogP contribution < -0.4 is 5.32 Å². The molecule has 1 fully saturated rings. The Labute approximate surface area is 151 Å². The quantitative estimate of drug-likeness (QED) is 0.706. The monoisotopic (exact) mass is 349 g/mol. The van der Waals surface area contributed by atoms with Crippen LogP contribution in [0.15, 0.2) is 59.6 Å². The van der Waals surface area contributed by atoms with E-state index in [1.165, 1.54) is 11.8 Å². The van der Waals surface area contributed by atoms with Gasteiger partial charge < -0.3 is 5.32 Å². The van der Waals surface area contributed by atoms with Crippen LogP contribution in [0.5, 0.6) is 0 Å². The Morgan fingerprint density at radius 1 is 1.04 bits per heavy atom. The highest BCUT2D eigenvalue weighted by molar-refractivity contribution is 8.00. The van der Waals surface area contributed by atoms with Crippen LogP contribution in [-0.2, 0) is 4.79 Å². The Balaban J connectivity index is 1.68. The minimum Gasteiger partial charge on any atom is -0.352 e. The number of amides is 1. The van der Waals surface area contributed by atoms with Crippen LogP contribution >= 0.6 is 11.8 Å². The molecule has 3 aromatic rings. The molecule has 0 saturated heterocycles. The molecule has 5 heteroatoms. The molecule has 2 aromatic carbocycles. The zero-order valence-electron chi connectivity index (χ0n) is 14.0. The Bertz CT molecular complexity index is 909. The first-order chi connectivity index (χ1) is 12.2. The van der Waals surface area contributed by atoms with Crippen molar-refractivity contribution in [2.45, 2.75) is 36.1 Å². The molecule has 1 amide bonds. The van der Waals surface area contributed by atoms with Crippen LogP contribution in [0.25, 0.3) is 11.0 Å². The number of fused-ring (bicyclic) bond motifs is 1. The Hall–Kier alpha value is -2.40. The van der Waals surface area contributed by atoms with E-state index in [-0.39, 0.29) is 11.2 Å². The summed E-state index contributed by atoms with van der Waals surface area (Å²) in [5, 5.41) is 3.60. The van der Waals surface area contributed by atoms with Gasteiger partial charge in [-0.1, -0.05) is 54.2 Å². The first-order valence-electron chi connectivity index (χ1n) is 8.46. The van der Waals surface area contributed by atoms with Crippen LogP contribution in [0.1, 0.15) is 29.3 Å². The average Bonchev–Trinajstić information content (AvgIpc) is 3.44. The summed E-state index contributed by atoms with van der Waals surface area (Å²) < 4.78 is 0. The summed E-state index contributed by atoms with van der Waals surface area (Å²) in [6.45, 7) is 1.95. The van der Waals surface area contributed by atoms with Crippen molar-refractivity contribution in [3.8, 4) is 0 Å². The number of rotatable bonds is 5. The first-order valence-corrected chi connectivity index (χ1v) is 9.34. The molecular weight excluding hydrogens is 330 g/mol. The van der Waals surface area contributed by atoms with Gasteiger partial charge in [-0.3, -0.25) is 4.79 Å². The second kappa shape index (κ2) is 6.84. The van der Waals surface area contributed by atoms with Crippen LogP contribution in [0, 0.1) is 6.92 Å². The number of hydrogen-bond donors (Lipinski definition) is 1. The zero-order chi connectivity index (χ0) is 17.2. The molecule has 1 aliphatic rings. The highest BCUT2D eigenvalue weighted by atomic mass is 32.2. The first kappa shape index (κ1) is 16.1. The number of nitrogens with one attached hydrogen (secondary N) is 1. The molecule has 126 valence electrons. The molecule has 4 rings (SSSR count). The minimum absolute atomic E-state index is 0.0491. The predicted molar refractivity (Wildman–Crippen MR) is 100 cm³/mol. The number of hydrogen-bond acceptors (Lipinski definition) is 4. The molecule has 0 spiro atoms. The Morgan fingerprint density at radius 3 is 2.36 bits per heavy atom. The topological polar surface area (TPSA) is 54.9 Å². The van der Waals surface area contributed by atoms with Crippen molar-refractivity contribution in [3.05, 3.63) is 65.9 Å². The number of benzene rings is 2. The van der Waals surface area contributed by atoms with E-state index in [0.717, 1.165) is 40.2 Å². The lowest BCUT2D eigenvalue weighted by Gasteiger charge is -2.17. The molecule has 1 atom stereocenters. The maximum atomic E-state index is 12.8. The van der Waals surface area contributed by atoms with Crippen LogP contribution in [-0.4, -0.2) is 21.9 Å². The number of aromatic nitrogens is 2. The van der Waals surface area contributed by atoms with E-state index in [4.69, 9.17) is 4.98 Å². The fraction of sp³-hybridized carbons (Fsp3) is 0.250. The third-order valence-electron chi connectivity index (χ3n) is 4.20. The fourth-order valence-electron chi connectivity index (χ4n) is 2.70. The molecule has 1 N–H and O–H groups in total. The number of carbonyl (C=O) groups is 1. The highest BCUT2D eigenvalue weighted by Crippen LogP contribution is 2.37. The fourth-order valence-corrected chi connectivity index (χ4v) is 3.76. The van der Waals surface area contributed by atoms with Crippen molar-refractivity contribution >= 4 is 28.7 Å². The van der Waals surface area contributed by atoms with E-state index in [2.05, 4.69) is 10.3 Å². The van der Waals surface area contributed by atoms with Gasteiger partial charge in [0.15, 0.2) is 0 Å². The normalized spacial score (nSPS) is 15.1. The van der Waals surface area contributed by atoms with E-state index < -0.39 is 0 Å². The maximum Gasteiger partial charge on any atom is 0.238 e. The Kier molecular flexibility index (Phi) is 4.40. The third kappa shape index (κ3) is 3.66. The molecular formula is C20H19N3OS. The van der Waals surface area contributed by atoms with E-state index in [9.17, 15) is 4.79 Å². The van der Waals surface area contributed by atoms with Crippen molar-refractivity contribution in [3.63, 3.8) is 0 Å². The molecule has 1 aliphatic carbocycles. The van der Waals surface area contributed by atoms with Gasteiger partial charge in [-0.15, -0.1) is 0 Å². The van der Waals surface area contributed by atoms with Gasteiger partial charge >= 0.3 is 0 Å². The molecule has 0 bridgehead atoms. The van der Waals surface area contributed by atoms with Crippen LogP contribution in [0.2, 0.25) is 0 Å². The lowest BCUT2D eigenvalue weighted by molar-refractivity contribution is -0.120. The minimum atomic E-state index is -0.323. The molecule has 1 aromatic heterocycles. The summed E-state index contributed by atoms with van der Waals surface area (Å²) in [6.07, 6.45) is 2.15. The number of thioether (sulfide) groups is 1. The number of aryl methyl sites for hydroxylation is 1. The number of nitrogens with zero attached hydrogens (tertiary/aromatic N) is 2. The lowest BCUT2D eigenvalue weighted by Crippen LogP contribution is -2.29. The number of carbonyl (C=O) groups excluding carboxylic acids is 1. The molecule has 25 heavy (non-hydrogen) atoms. The lowest BCUT2D eigenvalue weighted by atomic mass is 10.1. The average molecular weight is 349 g/mol. The van der Waals surface area contributed by atoms with Crippen LogP contribution in [0.4, 0.5) is 0 Å². The van der Waals surface area contributed by atoms with Crippen molar-refractivity contribution in [2.24, 2.45) is 0 Å². The summed E-state index contributed by atoms with van der Waals surface area (Å²) >= 11 is 1.48. The summed E-state index contributed by atoms with van der Waals surface area (Å²) in [4.78, 5) is 22.2. The molecule has 4 nitrogen and oxygen atoms in total. The van der Waals surface area contributed by atoms with Gasteiger partial charge in [-0.2, -0.15) is 0 Å². The van der Waals surface area contributed by atoms with Crippen molar-refractivity contribution in [1.82, 2.24) is 15.3 Å². The molecule has 0 unspecified atom stereocenters. The van der Waals surface area contributed by atoms with Gasteiger partial charge in [-0.05, 0) is 37.5 Å². The summed E-state index contributed by atoms with van der Waals surface area (Å²) in [5.74, 6) is 0.0491. The summed E-state index contributed by atoms with van der Waals surface area (Å²) in [7, 11) is 0. The highest BCUT2D eigenvalue weighted by Gasteiger charge is 2.29. The van der Waals surface area contributed by atoms with Gasteiger partial charge in [0.1, 0.15) is 10.3 Å². The van der Waals surface area contributed by atoms with Gasteiger partial charge in [0, 0.05) is 6.04 Å². The van der Waals surface area contributed by atoms with Crippen molar-refractivity contribution in [1.29, 1.82) is 0 Å². The van der Waals surface area contributed by atoms with E-state index in [0.29, 0.717) is 6.04 Å². The van der Waals surface area contributed by atoms with Gasteiger partial charge in [0.25, 0.3) is 0 Å². The second-order valence-electron chi connectivity index (χ2n) is 6.29. The van der Waals surface area contributed by atoms with E-state index >= 15 is 0 Å². The van der Waals surface area contributed by atoms with Crippen molar-refractivity contribution < 1.29 is 4.79 Å². The van der Waals surface area contributed by atoms with Gasteiger partial charge in [-0.25, -0.2) is 9.97 Å². The third-order valence-corrected chi connectivity index (χ3v) is 5.53. The van der Waals surface area contributed by atoms with Crippen LogP contribution in [0.3, 0.4) is 0 Å². The van der Waals surface area contributed by atoms with Gasteiger partial charge in [0.05, 0.1) is 16.7 Å². The molecule has 0 aliphatic heterocycles. The molecule has 1 heterocycles. The standard InChI is InChI=1S/C20H19N3OS/c1-13-20(23-17-10-6-5-9-16(17)21-13)25-18(14-7-3-2-4-8-14)19(24)22-15-11-12-15/h2-10,15,18H,11-12H2,1H3,(H,22,24)/t18-/m1/s1. The van der Waals surface area contributed by atoms with Gasteiger partial charge in [0.2, 0.25) is 5.91 Å². The Morgan fingerprint density at radius 2 is 1.68 bits per heavy atom. The second-order valence-corrected chi connectivity index (χ2v) is 7.39. The predicted octanol–water partition coefficient (Wildman–Crippen LogP) is 4.05. The molecule has 0 radical (unpaired) electrons. The smallest absolute Gasteiger partial charge is 0.238 e. The number of para-hydroxylation sites is 2. The maximum absolute atomic E-state index is 12.8. The SMILES string of the molecule is Cc1nc2ccccc2nc1S[C@@H](C(=O)NC1CC1)c1ccccc1.